The van der Waals surface area contributed by atoms with Gasteiger partial charge >= 0.3 is 0 Å². The molecule has 0 spiro atoms. The summed E-state index contributed by atoms with van der Waals surface area (Å²) < 4.78 is 0. The van der Waals surface area contributed by atoms with E-state index in [4.69, 9.17) is 0 Å². The molecule has 2 bridgehead atoms. The molecule has 4 unspecified atom stereocenters. The summed E-state index contributed by atoms with van der Waals surface area (Å²) in [6.07, 6.45) is 3.86. The Kier molecular flexibility index (Phi) is 3.76. The number of aromatic hydroxyl groups is 1. The molecule has 25 heavy (non-hydrogen) atoms. The van der Waals surface area contributed by atoms with Crippen LogP contribution in [0.25, 0.3) is 0 Å². The van der Waals surface area contributed by atoms with Crippen LogP contribution < -0.4 is 0 Å². The zero-order valence-electron chi connectivity index (χ0n) is 15.9. The number of hydrogen-bond acceptors (Lipinski definition) is 1. The third-order valence-corrected chi connectivity index (χ3v) is 8.02. The van der Waals surface area contributed by atoms with Gasteiger partial charge in [0.25, 0.3) is 0 Å². The first kappa shape index (κ1) is 16.7. The van der Waals surface area contributed by atoms with Gasteiger partial charge in [0.1, 0.15) is 5.75 Å². The Hall–Kier alpha value is -1.76. The highest BCUT2D eigenvalue weighted by Crippen LogP contribution is 2.71. The molecule has 0 amide bonds. The fourth-order valence-electron chi connectivity index (χ4n) is 5.73. The summed E-state index contributed by atoms with van der Waals surface area (Å²) >= 11 is 0. The summed E-state index contributed by atoms with van der Waals surface area (Å²) in [5, 5.41) is 10.7. The Morgan fingerprint density at radius 1 is 1.00 bits per heavy atom. The van der Waals surface area contributed by atoms with Gasteiger partial charge in [0.2, 0.25) is 0 Å². The number of hydrogen-bond donors (Lipinski definition) is 1. The van der Waals surface area contributed by atoms with Crippen LogP contribution in [0.4, 0.5) is 0 Å². The summed E-state index contributed by atoms with van der Waals surface area (Å²) in [4.78, 5) is 0. The van der Waals surface area contributed by atoms with Gasteiger partial charge in [-0.15, -0.1) is 0 Å². The molecule has 0 heterocycles. The van der Waals surface area contributed by atoms with E-state index in [1.54, 1.807) is 0 Å². The Morgan fingerprint density at radius 2 is 1.72 bits per heavy atom. The number of rotatable bonds is 3. The monoisotopic (exact) mass is 334 g/mol. The van der Waals surface area contributed by atoms with E-state index in [1.807, 2.05) is 6.07 Å². The molecular weight excluding hydrogens is 304 g/mol. The second kappa shape index (κ2) is 5.62. The Balaban J connectivity index is 1.72. The molecule has 0 aromatic heterocycles. The molecule has 2 aromatic rings. The predicted octanol–water partition coefficient (Wildman–Crippen LogP) is 6.47. The van der Waals surface area contributed by atoms with Crippen molar-refractivity contribution < 1.29 is 5.11 Å². The first-order valence-corrected chi connectivity index (χ1v) is 9.72. The zero-order valence-corrected chi connectivity index (χ0v) is 15.9. The van der Waals surface area contributed by atoms with Gasteiger partial charge in [-0.2, -0.15) is 0 Å². The van der Waals surface area contributed by atoms with Crippen molar-refractivity contribution in [2.75, 3.05) is 0 Å². The van der Waals surface area contributed by atoms with Crippen LogP contribution in [0.5, 0.6) is 5.75 Å². The smallest absolute Gasteiger partial charge is 0.119 e. The maximum Gasteiger partial charge on any atom is 0.119 e. The Labute approximate surface area is 152 Å². The average molecular weight is 335 g/mol. The van der Waals surface area contributed by atoms with Gasteiger partial charge in [-0.25, -0.2) is 0 Å². The molecule has 1 nitrogen and oxygen atoms in total. The molecular formula is C24H30O. The molecule has 2 saturated carbocycles. The van der Waals surface area contributed by atoms with Crippen LogP contribution in [-0.4, -0.2) is 5.11 Å². The van der Waals surface area contributed by atoms with E-state index in [1.165, 1.54) is 36.0 Å². The third-order valence-electron chi connectivity index (χ3n) is 8.02. The van der Waals surface area contributed by atoms with Gasteiger partial charge < -0.3 is 5.11 Å². The first-order valence-electron chi connectivity index (χ1n) is 9.72. The lowest BCUT2D eigenvalue weighted by Gasteiger charge is -2.40. The second-order valence-corrected chi connectivity index (χ2v) is 9.11. The van der Waals surface area contributed by atoms with Crippen LogP contribution in [0.3, 0.4) is 0 Å². The highest BCUT2D eigenvalue weighted by atomic mass is 16.3. The molecule has 0 aliphatic heterocycles. The van der Waals surface area contributed by atoms with Crippen molar-refractivity contribution in [1.82, 2.24) is 0 Å². The Bertz CT molecular complexity index is 776. The minimum absolute atomic E-state index is 0.295. The lowest BCUT2D eigenvalue weighted by molar-refractivity contribution is 0.133. The van der Waals surface area contributed by atoms with Crippen molar-refractivity contribution in [2.45, 2.75) is 58.8 Å². The van der Waals surface area contributed by atoms with Crippen molar-refractivity contribution >= 4 is 0 Å². The van der Waals surface area contributed by atoms with Crippen LogP contribution in [0.2, 0.25) is 0 Å². The van der Waals surface area contributed by atoms with Gasteiger partial charge in [-0.05, 0) is 64.7 Å². The van der Waals surface area contributed by atoms with Crippen molar-refractivity contribution in [1.29, 1.82) is 0 Å². The topological polar surface area (TPSA) is 20.2 Å². The largest absolute Gasteiger partial charge is 0.508 e. The quantitative estimate of drug-likeness (QED) is 0.681. The number of fused-ring (bicyclic) bond motifs is 2. The van der Waals surface area contributed by atoms with Crippen molar-refractivity contribution in [3.63, 3.8) is 0 Å². The number of phenolic OH excluding ortho intramolecular Hbond substituents is 1. The van der Waals surface area contributed by atoms with E-state index < -0.39 is 0 Å². The van der Waals surface area contributed by atoms with Crippen molar-refractivity contribution in [2.24, 2.45) is 16.7 Å². The molecule has 2 aromatic carbocycles. The molecule has 2 aliphatic carbocycles. The zero-order chi connectivity index (χ0) is 17.8. The van der Waals surface area contributed by atoms with Crippen LogP contribution in [0.1, 0.15) is 75.5 Å². The van der Waals surface area contributed by atoms with Crippen molar-refractivity contribution in [3.05, 3.63) is 65.2 Å². The van der Waals surface area contributed by atoms with E-state index in [0.717, 1.165) is 5.92 Å². The molecule has 2 aliphatic rings. The van der Waals surface area contributed by atoms with E-state index in [9.17, 15) is 5.11 Å². The lowest BCUT2D eigenvalue weighted by Crippen LogP contribution is -2.31. The maximum absolute atomic E-state index is 10.7. The van der Waals surface area contributed by atoms with Crippen LogP contribution in [0.15, 0.2) is 48.5 Å². The van der Waals surface area contributed by atoms with E-state index in [0.29, 0.717) is 28.4 Å². The highest BCUT2D eigenvalue weighted by Gasteiger charge is 2.61. The summed E-state index contributed by atoms with van der Waals surface area (Å²) in [5.74, 6) is 2.10. The normalized spacial score (nSPS) is 31.2. The minimum Gasteiger partial charge on any atom is -0.508 e. The first-order chi connectivity index (χ1) is 11.8. The molecule has 1 heteroatoms. The predicted molar refractivity (Wildman–Crippen MR) is 104 cm³/mol. The fourth-order valence-corrected chi connectivity index (χ4v) is 5.73. The van der Waals surface area contributed by atoms with E-state index in [2.05, 4.69) is 70.2 Å². The van der Waals surface area contributed by atoms with Gasteiger partial charge in [0.15, 0.2) is 0 Å². The number of benzene rings is 2. The molecule has 132 valence electrons. The molecule has 0 saturated heterocycles. The molecule has 1 N–H and O–H groups in total. The fraction of sp³-hybridized carbons (Fsp3) is 0.500. The van der Waals surface area contributed by atoms with Crippen LogP contribution in [0, 0.1) is 16.7 Å². The van der Waals surface area contributed by atoms with Gasteiger partial charge in [-0.1, -0.05) is 70.2 Å². The Morgan fingerprint density at radius 3 is 2.32 bits per heavy atom. The van der Waals surface area contributed by atoms with Crippen LogP contribution >= 0.6 is 0 Å². The SMILES string of the molecule is CC(c1ccccc1)c1ccc(O)c(C2CC3CCC2(C)C3(C)C)c1. The van der Waals surface area contributed by atoms with Crippen LogP contribution in [-0.2, 0) is 0 Å². The van der Waals surface area contributed by atoms with Gasteiger partial charge in [0.05, 0.1) is 0 Å². The van der Waals surface area contributed by atoms with Crippen molar-refractivity contribution in [3.8, 4) is 5.75 Å². The average Bonchev–Trinajstić information content (AvgIpc) is 2.95. The summed E-state index contributed by atoms with van der Waals surface area (Å²) in [6, 6.07) is 17.0. The third kappa shape index (κ3) is 2.35. The van der Waals surface area contributed by atoms with Gasteiger partial charge in [-0.3, -0.25) is 0 Å². The summed E-state index contributed by atoms with van der Waals surface area (Å²) in [6.45, 7) is 9.60. The minimum atomic E-state index is 0.295. The molecule has 0 radical (unpaired) electrons. The van der Waals surface area contributed by atoms with E-state index >= 15 is 0 Å². The maximum atomic E-state index is 10.7. The molecule has 4 rings (SSSR count). The van der Waals surface area contributed by atoms with Gasteiger partial charge in [0, 0.05) is 5.92 Å². The summed E-state index contributed by atoms with van der Waals surface area (Å²) in [7, 11) is 0. The molecule has 4 atom stereocenters. The number of phenols is 1. The molecule has 2 fully saturated rings. The second-order valence-electron chi connectivity index (χ2n) is 9.11. The highest BCUT2D eigenvalue weighted by molar-refractivity contribution is 5.44. The van der Waals surface area contributed by atoms with E-state index in [-0.39, 0.29) is 0 Å². The standard InChI is InChI=1S/C24H30O/c1-16(17-8-6-5-7-9-17)18-10-11-22(25)20(14-18)21-15-19-12-13-24(21,4)23(19,2)3/h5-11,14,16,19,21,25H,12-13,15H2,1-4H3. The summed E-state index contributed by atoms with van der Waals surface area (Å²) in [5.41, 5.74) is 4.48. The lowest BCUT2D eigenvalue weighted by atomic mass is 9.64.